The van der Waals surface area contributed by atoms with E-state index in [1.54, 1.807) is 18.0 Å². The van der Waals surface area contributed by atoms with E-state index in [2.05, 4.69) is 4.98 Å². The molecule has 0 atom stereocenters. The average Bonchev–Trinajstić information content (AvgIpc) is 2.41. The second-order valence-electron chi connectivity index (χ2n) is 7.31. The van der Waals surface area contributed by atoms with Gasteiger partial charge in [0.2, 0.25) is 0 Å². The van der Waals surface area contributed by atoms with Crippen molar-refractivity contribution in [3.8, 4) is 0 Å². The summed E-state index contributed by atoms with van der Waals surface area (Å²) in [6.07, 6.45) is 2.13. The molecule has 128 valence electrons. The predicted molar refractivity (Wildman–Crippen MR) is 84.6 cm³/mol. The van der Waals surface area contributed by atoms with Gasteiger partial charge in [-0.15, -0.1) is 0 Å². The molecule has 0 radical (unpaired) electrons. The van der Waals surface area contributed by atoms with Gasteiger partial charge < -0.3 is 14.7 Å². The molecule has 1 N–H and O–H groups in total. The van der Waals surface area contributed by atoms with Crippen LogP contribution in [0.1, 0.15) is 44.9 Å². The first-order chi connectivity index (χ1) is 10.6. The first-order valence-corrected chi connectivity index (χ1v) is 7.89. The normalized spacial score (nSPS) is 17.9. The Morgan fingerprint density at radius 1 is 1.43 bits per heavy atom. The number of pyridine rings is 1. The highest BCUT2D eigenvalue weighted by Gasteiger charge is 2.36. The lowest BCUT2D eigenvalue weighted by Crippen LogP contribution is -2.49. The molecule has 1 aromatic rings. The molecule has 1 saturated heterocycles. The van der Waals surface area contributed by atoms with E-state index in [-0.39, 0.29) is 18.2 Å². The largest absolute Gasteiger partial charge is 0.444 e. The smallest absolute Gasteiger partial charge is 0.410 e. The number of aliphatic hydroxyl groups is 1. The van der Waals surface area contributed by atoms with Gasteiger partial charge in [-0.3, -0.25) is 4.98 Å². The first kappa shape index (κ1) is 17.7. The molecular formula is C17H25FN2O3. The lowest BCUT2D eigenvalue weighted by Gasteiger charge is -2.38. The van der Waals surface area contributed by atoms with E-state index < -0.39 is 17.0 Å². The van der Waals surface area contributed by atoms with E-state index in [0.29, 0.717) is 25.9 Å². The molecule has 1 fully saturated rings. The Morgan fingerprint density at radius 2 is 2.04 bits per heavy atom. The number of likely N-dealkylation sites (tertiary alicyclic amines) is 1. The van der Waals surface area contributed by atoms with Crippen LogP contribution >= 0.6 is 0 Å². The SMILES string of the molecule is Cc1cnc(CC2(O)CCN(C(=O)OC(C)(C)C)CC2)c(F)c1. The van der Waals surface area contributed by atoms with Crippen molar-refractivity contribution in [3.63, 3.8) is 0 Å². The molecule has 0 aromatic carbocycles. The topological polar surface area (TPSA) is 62.7 Å². The summed E-state index contributed by atoms with van der Waals surface area (Å²) in [6, 6.07) is 1.42. The second kappa shape index (κ2) is 6.43. The Hall–Kier alpha value is -1.69. The predicted octanol–water partition coefficient (Wildman–Crippen LogP) is 2.83. The number of ether oxygens (including phenoxy) is 1. The minimum Gasteiger partial charge on any atom is -0.444 e. The molecule has 5 nitrogen and oxygen atoms in total. The van der Waals surface area contributed by atoms with Crippen LogP contribution in [0.3, 0.4) is 0 Å². The molecule has 2 heterocycles. The van der Waals surface area contributed by atoms with Crippen LogP contribution in [0, 0.1) is 12.7 Å². The highest BCUT2D eigenvalue weighted by Crippen LogP contribution is 2.27. The molecule has 1 aliphatic heterocycles. The lowest BCUT2D eigenvalue weighted by atomic mass is 9.87. The maximum atomic E-state index is 13.9. The van der Waals surface area contributed by atoms with E-state index in [4.69, 9.17) is 4.74 Å². The van der Waals surface area contributed by atoms with Gasteiger partial charge in [0.1, 0.15) is 11.4 Å². The van der Waals surface area contributed by atoms with Crippen molar-refractivity contribution in [1.29, 1.82) is 0 Å². The minimum absolute atomic E-state index is 0.154. The molecule has 6 heteroatoms. The number of amides is 1. The van der Waals surface area contributed by atoms with Crippen molar-refractivity contribution in [2.24, 2.45) is 0 Å². The van der Waals surface area contributed by atoms with Gasteiger partial charge in [-0.25, -0.2) is 9.18 Å². The molecule has 2 rings (SSSR count). The number of piperidine rings is 1. The number of carbonyl (C=O) groups excluding carboxylic acids is 1. The molecule has 0 aliphatic carbocycles. The molecule has 0 spiro atoms. The third-order valence-corrected chi connectivity index (χ3v) is 3.90. The maximum Gasteiger partial charge on any atom is 0.410 e. The molecule has 23 heavy (non-hydrogen) atoms. The third kappa shape index (κ3) is 4.89. The van der Waals surface area contributed by atoms with Gasteiger partial charge in [0, 0.05) is 25.7 Å². The Kier molecular flexibility index (Phi) is 4.94. The van der Waals surface area contributed by atoms with Crippen LogP contribution in [-0.2, 0) is 11.2 Å². The number of nitrogens with zero attached hydrogens (tertiary/aromatic N) is 2. The van der Waals surface area contributed by atoms with Crippen LogP contribution in [0.15, 0.2) is 12.3 Å². The Bertz CT molecular complexity index is 576. The Balaban J connectivity index is 1.95. The van der Waals surface area contributed by atoms with Crippen LogP contribution < -0.4 is 0 Å². The van der Waals surface area contributed by atoms with Crippen molar-refractivity contribution in [3.05, 3.63) is 29.3 Å². The molecule has 1 aliphatic rings. The maximum absolute atomic E-state index is 13.9. The monoisotopic (exact) mass is 324 g/mol. The van der Waals surface area contributed by atoms with Crippen LogP contribution in [0.4, 0.5) is 9.18 Å². The van der Waals surface area contributed by atoms with Gasteiger partial charge in [-0.05, 0) is 52.2 Å². The number of aryl methyl sites for hydroxylation is 1. The van der Waals surface area contributed by atoms with Gasteiger partial charge in [0.15, 0.2) is 0 Å². The summed E-state index contributed by atoms with van der Waals surface area (Å²) < 4.78 is 19.2. The molecule has 1 aromatic heterocycles. The summed E-state index contributed by atoms with van der Waals surface area (Å²) in [4.78, 5) is 17.7. The van der Waals surface area contributed by atoms with Crippen molar-refractivity contribution in [1.82, 2.24) is 9.88 Å². The highest BCUT2D eigenvalue weighted by molar-refractivity contribution is 5.68. The number of rotatable bonds is 2. The zero-order chi connectivity index (χ0) is 17.3. The molecule has 0 saturated carbocycles. The minimum atomic E-state index is -1.04. The quantitative estimate of drug-likeness (QED) is 0.908. The summed E-state index contributed by atoms with van der Waals surface area (Å²) in [5.74, 6) is -0.395. The molecule has 0 bridgehead atoms. The molecular weight excluding hydrogens is 299 g/mol. The van der Waals surface area contributed by atoms with E-state index >= 15 is 0 Å². The number of hydrogen-bond donors (Lipinski definition) is 1. The fourth-order valence-corrected chi connectivity index (χ4v) is 2.61. The Morgan fingerprint density at radius 3 is 2.57 bits per heavy atom. The van der Waals surface area contributed by atoms with E-state index in [1.807, 2.05) is 20.8 Å². The van der Waals surface area contributed by atoms with Crippen LogP contribution in [0.5, 0.6) is 0 Å². The van der Waals surface area contributed by atoms with E-state index in [1.165, 1.54) is 6.07 Å². The van der Waals surface area contributed by atoms with Gasteiger partial charge >= 0.3 is 6.09 Å². The van der Waals surface area contributed by atoms with Gasteiger partial charge in [-0.1, -0.05) is 0 Å². The summed E-state index contributed by atoms with van der Waals surface area (Å²) in [5, 5.41) is 10.7. The van der Waals surface area contributed by atoms with E-state index in [0.717, 1.165) is 5.56 Å². The average molecular weight is 324 g/mol. The van der Waals surface area contributed by atoms with Crippen LogP contribution in [0.25, 0.3) is 0 Å². The van der Waals surface area contributed by atoms with Crippen LogP contribution in [0.2, 0.25) is 0 Å². The standard InChI is InChI=1S/C17H25FN2O3/c1-12-9-13(18)14(19-11-12)10-17(22)5-7-20(8-6-17)15(21)23-16(2,3)4/h9,11,22H,5-8,10H2,1-4H3. The van der Waals surface area contributed by atoms with Gasteiger partial charge in [0.25, 0.3) is 0 Å². The Labute approximate surface area is 136 Å². The summed E-state index contributed by atoms with van der Waals surface area (Å²) in [5.41, 5.74) is -0.566. The zero-order valence-electron chi connectivity index (χ0n) is 14.2. The zero-order valence-corrected chi connectivity index (χ0v) is 14.2. The number of aromatic nitrogens is 1. The summed E-state index contributed by atoms with van der Waals surface area (Å²) >= 11 is 0. The number of carbonyl (C=O) groups is 1. The van der Waals surface area contributed by atoms with Crippen LogP contribution in [-0.4, -0.2) is 45.4 Å². The third-order valence-electron chi connectivity index (χ3n) is 3.90. The summed E-state index contributed by atoms with van der Waals surface area (Å²) in [6.45, 7) is 8.00. The van der Waals surface area contributed by atoms with Crippen molar-refractivity contribution in [2.75, 3.05) is 13.1 Å². The summed E-state index contributed by atoms with van der Waals surface area (Å²) in [7, 11) is 0. The highest BCUT2D eigenvalue weighted by atomic mass is 19.1. The van der Waals surface area contributed by atoms with Gasteiger partial charge in [0.05, 0.1) is 11.3 Å². The van der Waals surface area contributed by atoms with Crippen molar-refractivity contribution >= 4 is 6.09 Å². The first-order valence-electron chi connectivity index (χ1n) is 7.89. The molecule has 0 unspecified atom stereocenters. The number of halogens is 1. The van der Waals surface area contributed by atoms with Crippen molar-refractivity contribution in [2.45, 2.75) is 58.2 Å². The fourth-order valence-electron chi connectivity index (χ4n) is 2.61. The molecule has 1 amide bonds. The number of hydrogen-bond acceptors (Lipinski definition) is 4. The second-order valence-corrected chi connectivity index (χ2v) is 7.31. The van der Waals surface area contributed by atoms with Crippen molar-refractivity contribution < 1.29 is 19.0 Å². The van der Waals surface area contributed by atoms with Gasteiger partial charge in [-0.2, -0.15) is 0 Å². The fraction of sp³-hybridized carbons (Fsp3) is 0.647. The van der Waals surface area contributed by atoms with E-state index in [9.17, 15) is 14.3 Å². The lowest BCUT2D eigenvalue weighted by molar-refractivity contribution is -0.0324.